The van der Waals surface area contributed by atoms with Crippen molar-refractivity contribution in [1.82, 2.24) is 5.32 Å². The normalized spacial score (nSPS) is 12.9. The summed E-state index contributed by atoms with van der Waals surface area (Å²) in [4.78, 5) is 24.5. The molecule has 0 aliphatic rings. The van der Waals surface area contributed by atoms with Crippen LogP contribution >= 0.6 is 22.6 Å². The van der Waals surface area contributed by atoms with Gasteiger partial charge >= 0.3 is 5.97 Å². The first-order valence-corrected chi connectivity index (χ1v) is 7.98. The molecule has 0 fully saturated rings. The van der Waals surface area contributed by atoms with Crippen LogP contribution in [0, 0.1) is 9.49 Å². The van der Waals surface area contributed by atoms with Crippen molar-refractivity contribution in [1.29, 1.82) is 0 Å². The van der Waals surface area contributed by atoms with Gasteiger partial charge in [-0.3, -0.25) is 4.79 Å². The van der Waals surface area contributed by atoms with E-state index in [2.05, 4.69) is 27.9 Å². The summed E-state index contributed by atoms with van der Waals surface area (Å²) in [6.45, 7) is 9.19. The minimum atomic E-state index is -0.660. The SMILES string of the molecule is CC(C)[C@@H](NC(=O)c1ccccc1I)C(=O)OC(C)(C)C. The fraction of sp³-hybridized carbons (Fsp3) is 0.500. The van der Waals surface area contributed by atoms with E-state index in [1.54, 1.807) is 12.1 Å². The molecule has 0 bridgehead atoms. The Morgan fingerprint density at radius 1 is 1.19 bits per heavy atom. The van der Waals surface area contributed by atoms with Crippen molar-refractivity contribution in [2.45, 2.75) is 46.3 Å². The quantitative estimate of drug-likeness (QED) is 0.620. The Kier molecular flexibility index (Phi) is 6.19. The Morgan fingerprint density at radius 2 is 1.76 bits per heavy atom. The third kappa shape index (κ3) is 5.65. The summed E-state index contributed by atoms with van der Waals surface area (Å²) < 4.78 is 6.22. The number of ether oxygens (including phenoxy) is 1. The maximum absolute atomic E-state index is 12.3. The van der Waals surface area contributed by atoms with E-state index in [9.17, 15) is 9.59 Å². The van der Waals surface area contributed by atoms with Gasteiger partial charge in [-0.2, -0.15) is 0 Å². The number of carbonyl (C=O) groups is 2. The monoisotopic (exact) mass is 403 g/mol. The molecule has 4 nitrogen and oxygen atoms in total. The van der Waals surface area contributed by atoms with Crippen molar-refractivity contribution in [2.24, 2.45) is 5.92 Å². The number of halogens is 1. The lowest BCUT2D eigenvalue weighted by atomic mass is 10.0. The zero-order valence-electron chi connectivity index (χ0n) is 13.1. The molecule has 0 heterocycles. The highest BCUT2D eigenvalue weighted by atomic mass is 127. The standard InChI is InChI=1S/C16H22INO3/c1-10(2)13(15(20)21-16(3,4)5)18-14(19)11-8-6-7-9-12(11)17/h6-10,13H,1-5H3,(H,18,19)/t13-/m1/s1. The van der Waals surface area contributed by atoms with Gasteiger partial charge in [-0.15, -0.1) is 0 Å². The van der Waals surface area contributed by atoms with Crippen molar-refractivity contribution in [3.8, 4) is 0 Å². The van der Waals surface area contributed by atoms with Gasteiger partial charge < -0.3 is 10.1 Å². The molecule has 0 saturated heterocycles. The molecule has 116 valence electrons. The van der Waals surface area contributed by atoms with Gasteiger partial charge in [-0.1, -0.05) is 26.0 Å². The van der Waals surface area contributed by atoms with E-state index in [4.69, 9.17) is 4.74 Å². The van der Waals surface area contributed by atoms with Gasteiger partial charge in [0.25, 0.3) is 5.91 Å². The Bertz CT molecular complexity index is 520. The second kappa shape index (κ2) is 7.24. The van der Waals surface area contributed by atoms with Crippen molar-refractivity contribution < 1.29 is 14.3 Å². The number of hydrogen-bond donors (Lipinski definition) is 1. The van der Waals surface area contributed by atoms with Crippen LogP contribution in [0.5, 0.6) is 0 Å². The summed E-state index contributed by atoms with van der Waals surface area (Å²) >= 11 is 2.10. The van der Waals surface area contributed by atoms with Gasteiger partial charge in [0.2, 0.25) is 0 Å². The number of nitrogens with one attached hydrogen (secondary N) is 1. The minimum Gasteiger partial charge on any atom is -0.458 e. The van der Waals surface area contributed by atoms with Gasteiger partial charge in [0.1, 0.15) is 11.6 Å². The van der Waals surface area contributed by atoms with E-state index in [0.717, 1.165) is 3.57 Å². The second-order valence-electron chi connectivity index (χ2n) is 6.21. The third-order valence-electron chi connectivity index (χ3n) is 2.73. The fourth-order valence-corrected chi connectivity index (χ4v) is 2.36. The van der Waals surface area contributed by atoms with E-state index in [-0.39, 0.29) is 11.8 Å². The molecule has 0 radical (unpaired) electrons. The van der Waals surface area contributed by atoms with Crippen molar-refractivity contribution >= 4 is 34.5 Å². The molecule has 0 aliphatic carbocycles. The molecule has 0 aliphatic heterocycles. The predicted octanol–water partition coefficient (Wildman–Crippen LogP) is 3.39. The lowest BCUT2D eigenvalue weighted by Crippen LogP contribution is -2.47. The van der Waals surface area contributed by atoms with Gasteiger partial charge in [0.15, 0.2) is 0 Å². The van der Waals surface area contributed by atoms with E-state index in [0.29, 0.717) is 5.56 Å². The highest BCUT2D eigenvalue weighted by molar-refractivity contribution is 14.1. The van der Waals surface area contributed by atoms with Crippen LogP contribution in [-0.2, 0) is 9.53 Å². The Labute approximate surface area is 139 Å². The average molecular weight is 403 g/mol. The van der Waals surface area contributed by atoms with E-state index in [1.807, 2.05) is 46.8 Å². The highest BCUT2D eigenvalue weighted by Crippen LogP contribution is 2.15. The zero-order valence-corrected chi connectivity index (χ0v) is 15.2. The maximum Gasteiger partial charge on any atom is 0.329 e. The van der Waals surface area contributed by atoms with E-state index in [1.165, 1.54) is 0 Å². The second-order valence-corrected chi connectivity index (χ2v) is 7.37. The van der Waals surface area contributed by atoms with E-state index < -0.39 is 17.6 Å². The Hall–Kier alpha value is -1.11. The number of amides is 1. The van der Waals surface area contributed by atoms with Gasteiger partial charge in [-0.05, 0) is 61.4 Å². The van der Waals surface area contributed by atoms with E-state index >= 15 is 0 Å². The third-order valence-corrected chi connectivity index (χ3v) is 3.67. The van der Waals surface area contributed by atoms with Crippen molar-refractivity contribution in [3.63, 3.8) is 0 Å². The molecule has 1 amide bonds. The lowest BCUT2D eigenvalue weighted by molar-refractivity contribution is -0.158. The largest absolute Gasteiger partial charge is 0.458 e. The summed E-state index contributed by atoms with van der Waals surface area (Å²) in [6, 6.07) is 6.60. The molecule has 0 aromatic heterocycles. The summed E-state index contributed by atoms with van der Waals surface area (Å²) in [5.41, 5.74) is -0.0110. The Balaban J connectivity index is 2.87. The molecular formula is C16H22INO3. The highest BCUT2D eigenvalue weighted by Gasteiger charge is 2.29. The van der Waals surface area contributed by atoms with Crippen LogP contribution in [0.25, 0.3) is 0 Å². The van der Waals surface area contributed by atoms with Crippen LogP contribution in [0.3, 0.4) is 0 Å². The first-order chi connectivity index (χ1) is 9.61. The van der Waals surface area contributed by atoms with Crippen LogP contribution in [0.4, 0.5) is 0 Å². The summed E-state index contributed by atoms with van der Waals surface area (Å²) in [5.74, 6) is -0.716. The lowest BCUT2D eigenvalue weighted by Gasteiger charge is -2.26. The number of rotatable bonds is 4. The Morgan fingerprint density at radius 3 is 2.24 bits per heavy atom. The molecule has 0 unspecified atom stereocenters. The van der Waals surface area contributed by atoms with Gasteiger partial charge in [0, 0.05) is 3.57 Å². The predicted molar refractivity (Wildman–Crippen MR) is 91.1 cm³/mol. The van der Waals surface area contributed by atoms with Crippen LogP contribution in [0.1, 0.15) is 45.0 Å². The van der Waals surface area contributed by atoms with Crippen molar-refractivity contribution in [2.75, 3.05) is 0 Å². The summed E-state index contributed by atoms with van der Waals surface area (Å²) in [5, 5.41) is 2.78. The smallest absolute Gasteiger partial charge is 0.329 e. The first kappa shape index (κ1) is 17.9. The number of hydrogen-bond acceptors (Lipinski definition) is 3. The fourth-order valence-electron chi connectivity index (χ4n) is 1.73. The topological polar surface area (TPSA) is 55.4 Å². The minimum absolute atomic E-state index is 0.0508. The first-order valence-electron chi connectivity index (χ1n) is 6.90. The van der Waals surface area contributed by atoms with Gasteiger partial charge in [-0.25, -0.2) is 4.79 Å². The molecule has 1 aromatic carbocycles. The summed E-state index contributed by atoms with van der Waals surface area (Å²) in [6.07, 6.45) is 0. The molecule has 1 aromatic rings. The molecule has 1 N–H and O–H groups in total. The number of esters is 1. The van der Waals surface area contributed by atoms with Crippen LogP contribution in [0.15, 0.2) is 24.3 Å². The molecular weight excluding hydrogens is 381 g/mol. The zero-order chi connectivity index (χ0) is 16.2. The van der Waals surface area contributed by atoms with Crippen LogP contribution in [-0.4, -0.2) is 23.5 Å². The van der Waals surface area contributed by atoms with Crippen LogP contribution in [0.2, 0.25) is 0 Å². The molecule has 1 rings (SSSR count). The summed E-state index contributed by atoms with van der Waals surface area (Å²) in [7, 11) is 0. The maximum atomic E-state index is 12.3. The average Bonchev–Trinajstić information content (AvgIpc) is 2.33. The number of benzene rings is 1. The molecule has 1 atom stereocenters. The van der Waals surface area contributed by atoms with Crippen LogP contribution < -0.4 is 5.32 Å². The molecule has 21 heavy (non-hydrogen) atoms. The van der Waals surface area contributed by atoms with Gasteiger partial charge in [0.05, 0.1) is 5.56 Å². The molecule has 5 heteroatoms. The van der Waals surface area contributed by atoms with Crippen molar-refractivity contribution in [3.05, 3.63) is 33.4 Å². The number of carbonyl (C=O) groups excluding carboxylic acids is 2. The molecule has 0 saturated carbocycles. The molecule has 0 spiro atoms.